The highest BCUT2D eigenvalue weighted by Gasteiger charge is 2.37. The number of aliphatic carboxylic acids is 1. The fraction of sp³-hybridized carbons (Fsp3) is 0.450. The third-order valence-corrected chi connectivity index (χ3v) is 6.03. The van der Waals surface area contributed by atoms with Gasteiger partial charge in [0.1, 0.15) is 0 Å². The molecule has 154 valence electrons. The van der Waals surface area contributed by atoms with Gasteiger partial charge in [-0.25, -0.2) is 0 Å². The van der Waals surface area contributed by atoms with Crippen molar-refractivity contribution in [3.05, 3.63) is 40.0 Å². The van der Waals surface area contributed by atoms with E-state index >= 15 is 0 Å². The molecule has 2 heterocycles. The van der Waals surface area contributed by atoms with E-state index in [0.717, 1.165) is 13.1 Å². The number of halogens is 2. The number of carboxylic acids is 1. The van der Waals surface area contributed by atoms with Crippen LogP contribution in [-0.2, 0) is 4.79 Å². The number of carboxylic acid groups (broad SMARTS) is 1. The van der Waals surface area contributed by atoms with Crippen LogP contribution in [0.1, 0.15) is 29.8 Å². The molecule has 2 aromatic rings. The molecule has 1 saturated heterocycles. The van der Waals surface area contributed by atoms with Crippen LogP contribution in [0.15, 0.2) is 28.8 Å². The molecule has 7 nitrogen and oxygen atoms in total. The van der Waals surface area contributed by atoms with Crippen molar-refractivity contribution in [1.29, 1.82) is 0 Å². The summed E-state index contributed by atoms with van der Waals surface area (Å²) in [7, 11) is 0. The number of likely N-dealkylation sites (tertiary alicyclic amines) is 1. The number of carbonyl (C=O) groups is 2. The van der Waals surface area contributed by atoms with Crippen LogP contribution in [0.4, 0.5) is 0 Å². The van der Waals surface area contributed by atoms with E-state index in [1.165, 1.54) is 18.9 Å². The standard InChI is InChI=1S/C20H21Cl2N3O4/c21-12-3-4-13(15(22)7-12)18-8-17(24-29-18)19(26)23-16-5-6-25(9-11-1-2-11)10-14(16)20(27)28/h3-4,7-8,11,14,16H,1-2,5-6,9-10H2,(H,23,26)(H,27,28). The van der Waals surface area contributed by atoms with E-state index in [1.807, 2.05) is 0 Å². The van der Waals surface area contributed by atoms with E-state index in [0.29, 0.717) is 40.3 Å². The lowest BCUT2D eigenvalue weighted by atomic mass is 9.91. The minimum atomic E-state index is -0.899. The summed E-state index contributed by atoms with van der Waals surface area (Å²) >= 11 is 12.1. The van der Waals surface area contributed by atoms with Crippen molar-refractivity contribution in [2.24, 2.45) is 11.8 Å². The number of aromatic nitrogens is 1. The monoisotopic (exact) mass is 437 g/mol. The van der Waals surface area contributed by atoms with Crippen LogP contribution in [0.25, 0.3) is 11.3 Å². The van der Waals surface area contributed by atoms with Gasteiger partial charge in [-0.2, -0.15) is 0 Å². The van der Waals surface area contributed by atoms with E-state index < -0.39 is 23.8 Å². The summed E-state index contributed by atoms with van der Waals surface area (Å²) in [4.78, 5) is 26.6. The molecule has 1 aliphatic heterocycles. The maximum Gasteiger partial charge on any atom is 0.309 e. The van der Waals surface area contributed by atoms with Crippen LogP contribution in [0.3, 0.4) is 0 Å². The van der Waals surface area contributed by atoms with Crippen LogP contribution >= 0.6 is 23.2 Å². The Morgan fingerprint density at radius 1 is 1.24 bits per heavy atom. The van der Waals surface area contributed by atoms with Crippen molar-refractivity contribution in [3.63, 3.8) is 0 Å². The van der Waals surface area contributed by atoms with E-state index in [9.17, 15) is 14.7 Å². The van der Waals surface area contributed by atoms with Gasteiger partial charge in [0.05, 0.1) is 10.9 Å². The molecule has 2 aliphatic rings. The van der Waals surface area contributed by atoms with Gasteiger partial charge >= 0.3 is 5.97 Å². The first kappa shape index (κ1) is 20.2. The number of benzene rings is 1. The highest BCUT2D eigenvalue weighted by Crippen LogP contribution is 2.32. The number of hydrogen-bond donors (Lipinski definition) is 2. The summed E-state index contributed by atoms with van der Waals surface area (Å²) in [6.07, 6.45) is 3.03. The van der Waals surface area contributed by atoms with E-state index in [4.69, 9.17) is 27.7 Å². The molecule has 2 unspecified atom stereocenters. The Balaban J connectivity index is 1.43. The molecule has 1 aromatic carbocycles. The first-order valence-corrected chi connectivity index (χ1v) is 10.3. The van der Waals surface area contributed by atoms with E-state index in [1.54, 1.807) is 18.2 Å². The molecule has 1 amide bonds. The minimum absolute atomic E-state index is 0.0792. The van der Waals surface area contributed by atoms with E-state index in [2.05, 4.69) is 15.4 Å². The average molecular weight is 438 g/mol. The van der Waals surface area contributed by atoms with Crippen LogP contribution in [0.2, 0.25) is 10.0 Å². The molecular weight excluding hydrogens is 417 g/mol. The van der Waals surface area contributed by atoms with Crippen molar-refractivity contribution < 1.29 is 19.2 Å². The Morgan fingerprint density at radius 2 is 2.03 bits per heavy atom. The van der Waals surface area contributed by atoms with Crippen LogP contribution < -0.4 is 5.32 Å². The Labute approximate surface area is 177 Å². The number of nitrogens with one attached hydrogen (secondary N) is 1. The molecule has 1 aromatic heterocycles. The van der Waals surface area contributed by atoms with Crippen LogP contribution in [-0.4, -0.2) is 52.7 Å². The molecule has 0 radical (unpaired) electrons. The summed E-state index contributed by atoms with van der Waals surface area (Å²) in [5, 5.41) is 17.1. The van der Waals surface area contributed by atoms with E-state index in [-0.39, 0.29) is 5.69 Å². The van der Waals surface area contributed by atoms with Crippen LogP contribution in [0, 0.1) is 11.8 Å². The van der Waals surface area contributed by atoms with Gasteiger partial charge in [0.2, 0.25) is 0 Å². The van der Waals surface area contributed by atoms with Gasteiger partial charge in [-0.1, -0.05) is 28.4 Å². The van der Waals surface area contributed by atoms with Gasteiger partial charge in [-0.15, -0.1) is 0 Å². The molecule has 1 saturated carbocycles. The number of nitrogens with zero attached hydrogens (tertiary/aromatic N) is 2. The molecule has 2 fully saturated rings. The molecule has 2 atom stereocenters. The number of rotatable bonds is 6. The topological polar surface area (TPSA) is 95.7 Å². The maximum absolute atomic E-state index is 12.6. The molecule has 9 heteroatoms. The van der Waals surface area contributed by atoms with Crippen molar-refractivity contribution in [3.8, 4) is 11.3 Å². The zero-order valence-corrected chi connectivity index (χ0v) is 17.1. The molecule has 4 rings (SSSR count). The maximum atomic E-state index is 12.6. The SMILES string of the molecule is O=C(NC1CCN(CC2CC2)CC1C(=O)O)c1cc(-c2ccc(Cl)cc2Cl)on1. The van der Waals surface area contributed by atoms with Gasteiger partial charge < -0.3 is 19.8 Å². The number of piperidine rings is 1. The van der Waals surface area contributed by atoms with Crippen molar-refractivity contribution >= 4 is 35.1 Å². The van der Waals surface area contributed by atoms with Gasteiger partial charge in [0, 0.05) is 42.3 Å². The van der Waals surface area contributed by atoms with Gasteiger partial charge in [0.15, 0.2) is 11.5 Å². The molecule has 0 spiro atoms. The summed E-state index contributed by atoms with van der Waals surface area (Å²) in [5.74, 6) is -0.972. The summed E-state index contributed by atoms with van der Waals surface area (Å²) in [6.45, 7) is 2.16. The summed E-state index contributed by atoms with van der Waals surface area (Å²) in [5.41, 5.74) is 0.648. The summed E-state index contributed by atoms with van der Waals surface area (Å²) in [6, 6.07) is 5.96. The first-order valence-electron chi connectivity index (χ1n) is 9.59. The second-order valence-electron chi connectivity index (χ2n) is 7.72. The number of carbonyl (C=O) groups excluding carboxylic acids is 1. The highest BCUT2D eigenvalue weighted by atomic mass is 35.5. The normalized spacial score (nSPS) is 22.4. The van der Waals surface area contributed by atoms with Crippen molar-refractivity contribution in [2.75, 3.05) is 19.6 Å². The first-order chi connectivity index (χ1) is 13.9. The average Bonchev–Trinajstić information content (AvgIpc) is 3.35. The molecular formula is C20H21Cl2N3O4. The Kier molecular flexibility index (Phi) is 5.81. The van der Waals surface area contributed by atoms with Crippen molar-refractivity contribution in [1.82, 2.24) is 15.4 Å². The predicted octanol–water partition coefficient (Wildman–Crippen LogP) is 3.56. The smallest absolute Gasteiger partial charge is 0.309 e. The predicted molar refractivity (Wildman–Crippen MR) is 108 cm³/mol. The Hall–Kier alpha value is -2.09. The second-order valence-corrected chi connectivity index (χ2v) is 8.56. The fourth-order valence-corrected chi connectivity index (χ4v) is 4.22. The molecule has 29 heavy (non-hydrogen) atoms. The minimum Gasteiger partial charge on any atom is -0.481 e. The quantitative estimate of drug-likeness (QED) is 0.716. The van der Waals surface area contributed by atoms with Gasteiger partial charge in [-0.3, -0.25) is 9.59 Å². The Bertz CT molecular complexity index is 928. The lowest BCUT2D eigenvalue weighted by Crippen LogP contribution is -2.53. The molecule has 1 aliphatic carbocycles. The largest absolute Gasteiger partial charge is 0.481 e. The third-order valence-electron chi connectivity index (χ3n) is 5.48. The lowest BCUT2D eigenvalue weighted by Gasteiger charge is -2.36. The lowest BCUT2D eigenvalue weighted by molar-refractivity contribution is -0.144. The highest BCUT2D eigenvalue weighted by molar-refractivity contribution is 6.36. The fourth-order valence-electron chi connectivity index (χ4n) is 3.71. The molecule has 2 N–H and O–H groups in total. The number of amides is 1. The Morgan fingerprint density at radius 3 is 2.72 bits per heavy atom. The number of hydrogen-bond acceptors (Lipinski definition) is 5. The molecule has 0 bridgehead atoms. The van der Waals surface area contributed by atoms with Gasteiger partial charge in [-0.05, 0) is 43.4 Å². The zero-order valence-electron chi connectivity index (χ0n) is 15.6. The second kappa shape index (κ2) is 8.34. The third kappa shape index (κ3) is 4.74. The summed E-state index contributed by atoms with van der Waals surface area (Å²) < 4.78 is 5.26. The zero-order chi connectivity index (χ0) is 20.5. The van der Waals surface area contributed by atoms with Gasteiger partial charge in [0.25, 0.3) is 5.91 Å². The van der Waals surface area contributed by atoms with Crippen molar-refractivity contribution in [2.45, 2.75) is 25.3 Å². The van der Waals surface area contributed by atoms with Crippen LogP contribution in [0.5, 0.6) is 0 Å².